The molecule has 4 heteroatoms. The average molecular weight is 236 g/mol. The highest BCUT2D eigenvalue weighted by Crippen LogP contribution is 2.18. The van der Waals surface area contributed by atoms with Gasteiger partial charge in [0.05, 0.1) is 18.3 Å². The Labute approximate surface area is 101 Å². The topological polar surface area (TPSA) is 57.2 Å². The van der Waals surface area contributed by atoms with Crippen LogP contribution >= 0.6 is 0 Å². The average Bonchev–Trinajstić information content (AvgIpc) is 2.77. The molecule has 1 unspecified atom stereocenters. The Morgan fingerprint density at radius 1 is 1.53 bits per heavy atom. The Morgan fingerprint density at radius 3 is 2.88 bits per heavy atom. The lowest BCUT2D eigenvalue weighted by Crippen LogP contribution is -2.30. The van der Waals surface area contributed by atoms with Crippen LogP contribution in [0.25, 0.3) is 0 Å². The van der Waals surface area contributed by atoms with Gasteiger partial charge in [-0.1, -0.05) is 13.8 Å². The molecule has 0 amide bonds. The van der Waals surface area contributed by atoms with Crippen molar-refractivity contribution in [2.24, 2.45) is 0 Å². The van der Waals surface area contributed by atoms with Gasteiger partial charge in [0, 0.05) is 12.3 Å². The molecular formula is C13H20N2O2. The van der Waals surface area contributed by atoms with Crippen LogP contribution in [0.3, 0.4) is 0 Å². The van der Waals surface area contributed by atoms with E-state index < -0.39 is 0 Å². The lowest BCUT2D eigenvalue weighted by atomic mass is 10.1. The minimum Gasteiger partial charge on any atom is -0.394 e. The van der Waals surface area contributed by atoms with Crippen molar-refractivity contribution < 1.29 is 4.74 Å². The SMILES string of the molecule is CC(C)c1ccc(N)c(=O)n1CC1CCCO1. The van der Waals surface area contributed by atoms with Gasteiger partial charge in [-0.25, -0.2) is 0 Å². The number of nitrogens with two attached hydrogens (primary N) is 1. The number of nitrogen functional groups attached to an aromatic ring is 1. The Hall–Kier alpha value is -1.29. The summed E-state index contributed by atoms with van der Waals surface area (Å²) in [5.74, 6) is 0.310. The Morgan fingerprint density at radius 2 is 2.29 bits per heavy atom. The zero-order chi connectivity index (χ0) is 12.4. The van der Waals surface area contributed by atoms with E-state index in [9.17, 15) is 4.79 Å². The minimum atomic E-state index is -0.0910. The molecule has 1 aromatic heterocycles. The molecule has 0 bridgehead atoms. The summed E-state index contributed by atoms with van der Waals surface area (Å²) in [5.41, 5.74) is 6.94. The molecule has 2 heterocycles. The van der Waals surface area contributed by atoms with Crippen LogP contribution < -0.4 is 11.3 Å². The molecule has 1 saturated heterocycles. The van der Waals surface area contributed by atoms with E-state index in [0.717, 1.165) is 25.1 Å². The number of rotatable bonds is 3. The van der Waals surface area contributed by atoms with Gasteiger partial charge in [-0.2, -0.15) is 0 Å². The van der Waals surface area contributed by atoms with Gasteiger partial charge in [0.25, 0.3) is 5.56 Å². The van der Waals surface area contributed by atoms with Crippen molar-refractivity contribution in [2.45, 2.75) is 45.3 Å². The fourth-order valence-corrected chi connectivity index (χ4v) is 2.29. The molecule has 4 nitrogen and oxygen atoms in total. The van der Waals surface area contributed by atoms with Crippen LogP contribution in [0.15, 0.2) is 16.9 Å². The fraction of sp³-hybridized carbons (Fsp3) is 0.615. The molecule has 2 rings (SSSR count). The number of hydrogen-bond acceptors (Lipinski definition) is 3. The van der Waals surface area contributed by atoms with Gasteiger partial charge >= 0.3 is 0 Å². The van der Waals surface area contributed by atoms with Crippen molar-refractivity contribution in [3.8, 4) is 0 Å². The largest absolute Gasteiger partial charge is 0.394 e. The molecule has 0 spiro atoms. The summed E-state index contributed by atoms with van der Waals surface area (Å²) in [6, 6.07) is 3.64. The standard InChI is InChI=1S/C13H20N2O2/c1-9(2)12-6-5-11(14)13(16)15(12)8-10-4-3-7-17-10/h5-6,9-10H,3-4,7-8,14H2,1-2H3. The van der Waals surface area contributed by atoms with Crippen molar-refractivity contribution in [2.75, 3.05) is 12.3 Å². The lowest BCUT2D eigenvalue weighted by molar-refractivity contribution is 0.0953. The zero-order valence-corrected chi connectivity index (χ0v) is 10.5. The van der Waals surface area contributed by atoms with Gasteiger partial charge in [0.2, 0.25) is 0 Å². The third-order valence-electron chi connectivity index (χ3n) is 3.24. The summed E-state index contributed by atoms with van der Waals surface area (Å²) < 4.78 is 7.36. The van der Waals surface area contributed by atoms with Gasteiger partial charge in [-0.15, -0.1) is 0 Å². The highest BCUT2D eigenvalue weighted by atomic mass is 16.5. The number of ether oxygens (including phenoxy) is 1. The third-order valence-corrected chi connectivity index (χ3v) is 3.24. The minimum absolute atomic E-state index is 0.0910. The summed E-state index contributed by atoms with van der Waals surface area (Å²) in [6.07, 6.45) is 2.27. The summed E-state index contributed by atoms with van der Waals surface area (Å²) in [6.45, 7) is 5.59. The Bertz CT molecular complexity index is 445. The number of nitrogens with zero attached hydrogens (tertiary/aromatic N) is 1. The molecular weight excluding hydrogens is 216 g/mol. The van der Waals surface area contributed by atoms with E-state index >= 15 is 0 Å². The highest BCUT2D eigenvalue weighted by molar-refractivity contribution is 5.36. The maximum absolute atomic E-state index is 12.1. The number of aromatic nitrogens is 1. The quantitative estimate of drug-likeness (QED) is 0.869. The van der Waals surface area contributed by atoms with Crippen LogP contribution in [0.1, 0.15) is 38.3 Å². The molecule has 17 heavy (non-hydrogen) atoms. The molecule has 1 fully saturated rings. The van der Waals surface area contributed by atoms with Gasteiger partial charge in [-0.3, -0.25) is 4.79 Å². The maximum Gasteiger partial charge on any atom is 0.273 e. The predicted octanol–water partition coefficient (Wildman–Crippen LogP) is 1.73. The summed E-state index contributed by atoms with van der Waals surface area (Å²) in [4.78, 5) is 12.1. The fourth-order valence-electron chi connectivity index (χ4n) is 2.29. The Kier molecular flexibility index (Phi) is 3.52. The molecule has 0 saturated carbocycles. The van der Waals surface area contributed by atoms with Crippen molar-refractivity contribution in [1.82, 2.24) is 4.57 Å². The van der Waals surface area contributed by atoms with Crippen molar-refractivity contribution in [1.29, 1.82) is 0 Å². The van der Waals surface area contributed by atoms with E-state index in [1.165, 1.54) is 0 Å². The summed E-state index contributed by atoms with van der Waals surface area (Å²) in [5, 5.41) is 0. The van der Waals surface area contributed by atoms with Gasteiger partial charge in [-0.05, 0) is 30.9 Å². The normalized spacial score (nSPS) is 20.1. The molecule has 94 valence electrons. The monoisotopic (exact) mass is 236 g/mol. The van der Waals surface area contributed by atoms with Crippen LogP contribution in [0.2, 0.25) is 0 Å². The summed E-state index contributed by atoms with van der Waals surface area (Å²) >= 11 is 0. The van der Waals surface area contributed by atoms with E-state index in [-0.39, 0.29) is 11.7 Å². The van der Waals surface area contributed by atoms with E-state index in [1.54, 1.807) is 10.6 Å². The number of hydrogen-bond donors (Lipinski definition) is 1. The van der Waals surface area contributed by atoms with E-state index in [0.29, 0.717) is 18.2 Å². The third kappa shape index (κ3) is 2.52. The van der Waals surface area contributed by atoms with Crippen LogP contribution in [0.4, 0.5) is 5.69 Å². The molecule has 0 aliphatic carbocycles. The van der Waals surface area contributed by atoms with Crippen LogP contribution in [-0.2, 0) is 11.3 Å². The molecule has 0 aromatic carbocycles. The lowest BCUT2D eigenvalue weighted by Gasteiger charge is -2.19. The molecule has 1 atom stereocenters. The zero-order valence-electron chi connectivity index (χ0n) is 10.5. The first-order valence-corrected chi connectivity index (χ1v) is 6.20. The second-order valence-electron chi connectivity index (χ2n) is 4.92. The molecule has 1 aliphatic rings. The highest BCUT2D eigenvalue weighted by Gasteiger charge is 2.19. The smallest absolute Gasteiger partial charge is 0.273 e. The Balaban J connectivity index is 2.34. The first-order chi connectivity index (χ1) is 8.09. The molecule has 1 aromatic rings. The van der Waals surface area contributed by atoms with Gasteiger partial charge in [0.15, 0.2) is 0 Å². The number of anilines is 1. The second kappa shape index (κ2) is 4.92. The van der Waals surface area contributed by atoms with Crippen LogP contribution in [0.5, 0.6) is 0 Å². The predicted molar refractivity (Wildman–Crippen MR) is 68.2 cm³/mol. The molecule has 1 aliphatic heterocycles. The van der Waals surface area contributed by atoms with Crippen molar-refractivity contribution in [3.63, 3.8) is 0 Å². The van der Waals surface area contributed by atoms with Crippen molar-refractivity contribution in [3.05, 3.63) is 28.2 Å². The molecule has 0 radical (unpaired) electrons. The van der Waals surface area contributed by atoms with Gasteiger partial charge in [0.1, 0.15) is 0 Å². The molecule has 2 N–H and O–H groups in total. The van der Waals surface area contributed by atoms with E-state index in [1.807, 2.05) is 6.07 Å². The summed E-state index contributed by atoms with van der Waals surface area (Å²) in [7, 11) is 0. The first kappa shape index (κ1) is 12.2. The van der Waals surface area contributed by atoms with E-state index in [2.05, 4.69) is 13.8 Å². The van der Waals surface area contributed by atoms with Gasteiger partial charge < -0.3 is 15.0 Å². The maximum atomic E-state index is 12.1. The van der Waals surface area contributed by atoms with Crippen LogP contribution in [-0.4, -0.2) is 17.3 Å². The first-order valence-electron chi connectivity index (χ1n) is 6.20. The number of pyridine rings is 1. The van der Waals surface area contributed by atoms with Crippen molar-refractivity contribution >= 4 is 5.69 Å². The van der Waals surface area contributed by atoms with Crippen LogP contribution in [0, 0.1) is 0 Å². The second-order valence-corrected chi connectivity index (χ2v) is 4.92. The van der Waals surface area contributed by atoms with E-state index in [4.69, 9.17) is 10.5 Å².